The summed E-state index contributed by atoms with van der Waals surface area (Å²) in [5.74, 6) is 0.790. The van der Waals surface area contributed by atoms with Gasteiger partial charge >= 0.3 is 0 Å². The molecule has 3 aliphatic rings. The monoisotopic (exact) mass is 324 g/mol. The maximum absolute atomic E-state index is 12.6. The van der Waals surface area contributed by atoms with Crippen molar-refractivity contribution in [3.05, 3.63) is 48.0 Å². The molecule has 4 rings (SSSR count). The molecule has 0 unspecified atom stereocenters. The van der Waals surface area contributed by atoms with E-state index in [0.717, 1.165) is 38.8 Å². The van der Waals surface area contributed by atoms with E-state index in [-0.39, 0.29) is 29.2 Å². The standard InChI is InChI=1S/C20H24N2O2/c23-18-14-17(15-6-2-1-3-7-15)20(21-18)10-12-22(13-11-20)19(24)16-8-4-5-9-16/h1-7,16-17H,8-14H2,(H,21,23)/t17-/m1/s1. The first-order chi connectivity index (χ1) is 11.7. The van der Waals surface area contributed by atoms with Gasteiger partial charge in [-0.1, -0.05) is 42.5 Å². The lowest BCUT2D eigenvalue weighted by Gasteiger charge is -2.43. The van der Waals surface area contributed by atoms with Crippen LogP contribution in [0.3, 0.4) is 0 Å². The van der Waals surface area contributed by atoms with Crippen molar-refractivity contribution in [3.63, 3.8) is 0 Å². The molecule has 1 aromatic rings. The van der Waals surface area contributed by atoms with E-state index in [1.165, 1.54) is 5.56 Å². The summed E-state index contributed by atoms with van der Waals surface area (Å²) in [6.45, 7) is 1.50. The number of piperidine rings is 1. The topological polar surface area (TPSA) is 49.4 Å². The summed E-state index contributed by atoms with van der Waals surface area (Å²) in [7, 11) is 0. The van der Waals surface area contributed by atoms with Crippen LogP contribution < -0.4 is 5.32 Å². The molecular weight excluding hydrogens is 300 g/mol. The van der Waals surface area contributed by atoms with Gasteiger partial charge in [0.25, 0.3) is 0 Å². The smallest absolute Gasteiger partial charge is 0.226 e. The maximum Gasteiger partial charge on any atom is 0.226 e. The summed E-state index contributed by atoms with van der Waals surface area (Å²) in [6, 6.07) is 10.3. The van der Waals surface area contributed by atoms with Crippen LogP contribution in [0.4, 0.5) is 0 Å². The summed E-state index contributed by atoms with van der Waals surface area (Å²) >= 11 is 0. The quantitative estimate of drug-likeness (QED) is 0.850. The van der Waals surface area contributed by atoms with Crippen molar-refractivity contribution in [2.45, 2.75) is 43.6 Å². The van der Waals surface area contributed by atoms with Crippen LogP contribution in [-0.4, -0.2) is 35.3 Å². The zero-order valence-corrected chi connectivity index (χ0v) is 13.9. The molecule has 24 heavy (non-hydrogen) atoms. The second-order valence-corrected chi connectivity index (χ2v) is 7.34. The third-order valence-electron chi connectivity index (χ3n) is 5.97. The molecule has 2 heterocycles. The Morgan fingerprint density at radius 1 is 1.08 bits per heavy atom. The van der Waals surface area contributed by atoms with Crippen LogP contribution in [0.25, 0.3) is 0 Å². The van der Waals surface area contributed by atoms with Gasteiger partial charge in [-0.25, -0.2) is 0 Å². The minimum absolute atomic E-state index is 0.141. The number of benzene rings is 1. The Hall–Kier alpha value is -2.10. The molecule has 2 saturated heterocycles. The van der Waals surface area contributed by atoms with E-state index >= 15 is 0 Å². The Bertz CT molecular complexity index is 651. The minimum atomic E-state index is -0.177. The van der Waals surface area contributed by atoms with Crippen molar-refractivity contribution >= 4 is 11.8 Å². The number of nitrogens with one attached hydrogen (secondary N) is 1. The molecule has 0 bridgehead atoms. The molecule has 126 valence electrons. The molecule has 1 atom stereocenters. The van der Waals surface area contributed by atoms with Crippen LogP contribution in [0, 0.1) is 5.92 Å². The van der Waals surface area contributed by atoms with E-state index in [2.05, 4.69) is 29.6 Å². The van der Waals surface area contributed by atoms with E-state index in [9.17, 15) is 9.59 Å². The van der Waals surface area contributed by atoms with Crippen molar-refractivity contribution in [2.24, 2.45) is 5.92 Å². The van der Waals surface area contributed by atoms with Gasteiger partial charge in [0.15, 0.2) is 0 Å². The van der Waals surface area contributed by atoms with Gasteiger partial charge in [-0.3, -0.25) is 9.59 Å². The first-order valence-corrected chi connectivity index (χ1v) is 8.98. The second-order valence-electron chi connectivity index (χ2n) is 7.34. The van der Waals surface area contributed by atoms with Gasteiger partial charge < -0.3 is 10.2 Å². The maximum atomic E-state index is 12.6. The van der Waals surface area contributed by atoms with E-state index in [4.69, 9.17) is 0 Å². The number of allylic oxidation sites excluding steroid dienone is 2. The van der Waals surface area contributed by atoms with Crippen molar-refractivity contribution in [1.82, 2.24) is 10.2 Å². The molecule has 4 nitrogen and oxygen atoms in total. The second kappa shape index (κ2) is 6.08. The van der Waals surface area contributed by atoms with Crippen LogP contribution >= 0.6 is 0 Å². The molecule has 0 saturated carbocycles. The summed E-state index contributed by atoms with van der Waals surface area (Å²) < 4.78 is 0. The highest BCUT2D eigenvalue weighted by Crippen LogP contribution is 2.43. The molecule has 2 amide bonds. The molecule has 0 aromatic heterocycles. The van der Waals surface area contributed by atoms with Crippen LogP contribution in [0.5, 0.6) is 0 Å². The highest BCUT2D eigenvalue weighted by Gasteiger charge is 2.49. The fourth-order valence-electron chi connectivity index (χ4n) is 4.60. The van der Waals surface area contributed by atoms with E-state index < -0.39 is 0 Å². The van der Waals surface area contributed by atoms with Crippen molar-refractivity contribution < 1.29 is 9.59 Å². The van der Waals surface area contributed by atoms with Crippen LogP contribution in [0.2, 0.25) is 0 Å². The molecule has 1 spiro atoms. The largest absolute Gasteiger partial charge is 0.350 e. The SMILES string of the molecule is O=C1C[C@H](c2ccccc2)C2(CCN(C(=O)C3CC=CC3)CC2)N1. The van der Waals surface area contributed by atoms with Gasteiger partial charge in [0, 0.05) is 31.3 Å². The normalized spacial score (nSPS) is 26.1. The third kappa shape index (κ3) is 2.64. The Kier molecular flexibility index (Phi) is 3.91. The minimum Gasteiger partial charge on any atom is -0.350 e. The fourth-order valence-corrected chi connectivity index (χ4v) is 4.60. The predicted molar refractivity (Wildman–Crippen MR) is 92.4 cm³/mol. The number of hydrogen-bond donors (Lipinski definition) is 1. The number of nitrogens with zero attached hydrogens (tertiary/aromatic N) is 1. The van der Waals surface area contributed by atoms with Gasteiger partial charge in [-0.05, 0) is 31.2 Å². The van der Waals surface area contributed by atoms with E-state index in [1.807, 2.05) is 23.1 Å². The first-order valence-electron chi connectivity index (χ1n) is 8.98. The van der Waals surface area contributed by atoms with Crippen LogP contribution in [0.15, 0.2) is 42.5 Å². The number of rotatable bonds is 2. The summed E-state index contributed by atoms with van der Waals surface area (Å²) in [4.78, 5) is 26.8. The Morgan fingerprint density at radius 2 is 1.75 bits per heavy atom. The zero-order valence-electron chi connectivity index (χ0n) is 13.9. The molecule has 1 aromatic carbocycles. The number of carbonyl (C=O) groups is 2. The number of likely N-dealkylation sites (tertiary alicyclic amines) is 1. The molecule has 1 aliphatic carbocycles. The molecule has 4 heteroatoms. The molecule has 0 radical (unpaired) electrons. The third-order valence-corrected chi connectivity index (χ3v) is 5.97. The number of amides is 2. The van der Waals surface area contributed by atoms with Gasteiger partial charge in [0.05, 0.1) is 5.54 Å². The lowest BCUT2D eigenvalue weighted by Crippen LogP contribution is -2.55. The van der Waals surface area contributed by atoms with Gasteiger partial charge in [0.1, 0.15) is 0 Å². The lowest BCUT2D eigenvalue weighted by atomic mass is 9.74. The van der Waals surface area contributed by atoms with E-state index in [0.29, 0.717) is 6.42 Å². The number of hydrogen-bond acceptors (Lipinski definition) is 2. The molecule has 2 aliphatic heterocycles. The Morgan fingerprint density at radius 3 is 2.42 bits per heavy atom. The highest BCUT2D eigenvalue weighted by atomic mass is 16.2. The van der Waals surface area contributed by atoms with Crippen molar-refractivity contribution in [2.75, 3.05) is 13.1 Å². The zero-order chi connectivity index (χ0) is 16.6. The van der Waals surface area contributed by atoms with Gasteiger partial charge in [-0.2, -0.15) is 0 Å². The Balaban J connectivity index is 1.48. The average Bonchev–Trinajstić information content (AvgIpc) is 3.24. The van der Waals surface area contributed by atoms with Gasteiger partial charge in [-0.15, -0.1) is 0 Å². The predicted octanol–water partition coefficient (Wildman–Crippen LogP) is 2.62. The Labute approximate surface area is 142 Å². The molecular formula is C20H24N2O2. The van der Waals surface area contributed by atoms with Gasteiger partial charge in [0.2, 0.25) is 11.8 Å². The van der Waals surface area contributed by atoms with Crippen molar-refractivity contribution in [3.8, 4) is 0 Å². The summed E-state index contributed by atoms with van der Waals surface area (Å²) in [6.07, 6.45) is 8.24. The first kappa shape index (κ1) is 15.4. The lowest BCUT2D eigenvalue weighted by molar-refractivity contribution is -0.137. The summed E-state index contributed by atoms with van der Waals surface area (Å²) in [5, 5.41) is 3.26. The fraction of sp³-hybridized carbons (Fsp3) is 0.500. The molecule has 2 fully saturated rings. The summed E-state index contributed by atoms with van der Waals surface area (Å²) in [5.41, 5.74) is 1.05. The van der Waals surface area contributed by atoms with Crippen molar-refractivity contribution in [1.29, 1.82) is 0 Å². The van der Waals surface area contributed by atoms with Crippen LogP contribution in [0.1, 0.15) is 43.6 Å². The average molecular weight is 324 g/mol. The number of carbonyl (C=O) groups excluding carboxylic acids is 2. The molecule has 1 N–H and O–H groups in total. The van der Waals surface area contributed by atoms with Crippen LogP contribution in [-0.2, 0) is 9.59 Å². The van der Waals surface area contributed by atoms with E-state index in [1.54, 1.807) is 0 Å². The highest BCUT2D eigenvalue weighted by molar-refractivity contribution is 5.82.